The summed E-state index contributed by atoms with van der Waals surface area (Å²) >= 11 is 0. The maximum atomic E-state index is 3.25. The van der Waals surface area contributed by atoms with E-state index in [-0.39, 0.29) is 56.9 Å². The molecule has 2 heteroatoms. The zero-order valence-electron chi connectivity index (χ0n) is 6.88. The molecular weight excluding hydrogens is 420 g/mol. The van der Waals surface area contributed by atoms with E-state index in [9.17, 15) is 0 Å². The number of allylic oxidation sites excluding steroid dienone is 3. The predicted molar refractivity (Wildman–Crippen MR) is 57.0 cm³/mol. The van der Waals surface area contributed by atoms with Crippen molar-refractivity contribution < 1.29 is 39.9 Å². The standard InChI is InChI=1S/3C3H5.BrH.Th/c3*1-3-2;;/h3*3H,1-2H2;1H;/q3*-1;;. The zero-order valence-corrected chi connectivity index (χ0v) is 12.7. The van der Waals surface area contributed by atoms with Crippen LogP contribution in [-0.2, 0) is 0 Å². The molecule has 0 unspecified atom stereocenters. The second-order valence-electron chi connectivity index (χ2n) is 0.866. The molecule has 0 radical (unpaired) electrons. The van der Waals surface area contributed by atoms with E-state index >= 15 is 0 Å². The maximum Gasteiger partial charge on any atom is 0 e. The molecular formula is C9H16BrTh-3. The molecule has 66 valence electrons. The van der Waals surface area contributed by atoms with Gasteiger partial charge in [0.1, 0.15) is 0 Å². The fourth-order valence-electron chi connectivity index (χ4n) is 0. The number of rotatable bonds is 0. The summed E-state index contributed by atoms with van der Waals surface area (Å²) < 4.78 is 0. The first-order valence-corrected chi connectivity index (χ1v) is 2.45. The summed E-state index contributed by atoms with van der Waals surface area (Å²) in [5, 5.41) is 0. The molecule has 0 aromatic heterocycles. The summed E-state index contributed by atoms with van der Waals surface area (Å²) in [7, 11) is 0. The van der Waals surface area contributed by atoms with Crippen molar-refractivity contribution in [1.29, 1.82) is 0 Å². The molecule has 0 aliphatic rings. The van der Waals surface area contributed by atoms with Crippen molar-refractivity contribution in [2.75, 3.05) is 0 Å². The molecule has 0 rings (SSSR count). The molecule has 0 aliphatic heterocycles. The minimum Gasteiger partial charge on any atom is -0.245 e. The van der Waals surface area contributed by atoms with Crippen molar-refractivity contribution in [1.82, 2.24) is 0 Å². The van der Waals surface area contributed by atoms with Gasteiger partial charge in [-0.1, -0.05) is 0 Å². The van der Waals surface area contributed by atoms with Gasteiger partial charge in [0.05, 0.1) is 0 Å². The third kappa shape index (κ3) is 1970. The molecule has 0 aromatic carbocycles. The van der Waals surface area contributed by atoms with E-state index in [2.05, 4.69) is 40.5 Å². The summed E-state index contributed by atoms with van der Waals surface area (Å²) in [6, 6.07) is 0. The van der Waals surface area contributed by atoms with Gasteiger partial charge in [0, 0.05) is 39.9 Å². The summed E-state index contributed by atoms with van der Waals surface area (Å²) in [6.07, 6.45) is 4.50. The number of hydrogen-bond donors (Lipinski definition) is 0. The van der Waals surface area contributed by atoms with Gasteiger partial charge in [0.15, 0.2) is 0 Å². The van der Waals surface area contributed by atoms with Crippen LogP contribution >= 0.6 is 17.0 Å². The third-order valence-electron chi connectivity index (χ3n) is 0. The van der Waals surface area contributed by atoms with Gasteiger partial charge >= 0.3 is 0 Å². The van der Waals surface area contributed by atoms with Crippen LogP contribution in [0.25, 0.3) is 0 Å². The molecule has 0 fully saturated rings. The summed E-state index contributed by atoms with van der Waals surface area (Å²) in [6.45, 7) is 19.5. The average molecular weight is 436 g/mol. The summed E-state index contributed by atoms with van der Waals surface area (Å²) in [5.41, 5.74) is 0. The molecule has 0 heterocycles. The van der Waals surface area contributed by atoms with E-state index in [4.69, 9.17) is 0 Å². The van der Waals surface area contributed by atoms with Crippen molar-refractivity contribution >= 4 is 17.0 Å². The van der Waals surface area contributed by atoms with E-state index in [0.29, 0.717) is 0 Å². The van der Waals surface area contributed by atoms with Crippen LogP contribution in [0.15, 0.2) is 38.0 Å². The van der Waals surface area contributed by atoms with Crippen molar-refractivity contribution in [3.05, 3.63) is 58.7 Å². The third-order valence-corrected chi connectivity index (χ3v) is 0. The topological polar surface area (TPSA) is 0 Å². The van der Waals surface area contributed by atoms with Gasteiger partial charge in [-0.3, -0.25) is 0 Å². The molecule has 0 atom stereocenters. The van der Waals surface area contributed by atoms with E-state index in [1.165, 1.54) is 18.2 Å². The first kappa shape index (κ1) is 29.9. The largest absolute Gasteiger partial charge is 0.245 e. The van der Waals surface area contributed by atoms with E-state index in [1.54, 1.807) is 0 Å². The maximum absolute atomic E-state index is 3.25. The first-order valence-electron chi connectivity index (χ1n) is 2.45. The number of hydrogen-bond acceptors (Lipinski definition) is 0. The van der Waals surface area contributed by atoms with Gasteiger partial charge in [-0.2, -0.15) is 0 Å². The SMILES string of the molecule is Br.C=C[CH2-].C=C[CH2-].C=C[CH2-].[Th]. The van der Waals surface area contributed by atoms with Gasteiger partial charge in [0.25, 0.3) is 0 Å². The zero-order chi connectivity index (χ0) is 8.12. The molecule has 0 saturated carbocycles. The summed E-state index contributed by atoms with van der Waals surface area (Å²) in [4.78, 5) is 0. The minimum atomic E-state index is 0. The van der Waals surface area contributed by atoms with Crippen molar-refractivity contribution in [3.8, 4) is 0 Å². The van der Waals surface area contributed by atoms with E-state index < -0.39 is 0 Å². The monoisotopic (exact) mass is 435 g/mol. The Hall–Kier alpha value is 0.635. The fourth-order valence-corrected chi connectivity index (χ4v) is 0. The quantitative estimate of drug-likeness (QED) is 0.510. The van der Waals surface area contributed by atoms with Crippen LogP contribution in [0.5, 0.6) is 0 Å². The number of halogens is 1. The van der Waals surface area contributed by atoms with Crippen molar-refractivity contribution in [3.63, 3.8) is 0 Å². The van der Waals surface area contributed by atoms with Crippen LogP contribution < -0.4 is 0 Å². The molecule has 0 bridgehead atoms. The minimum absolute atomic E-state index is 0. The normalized spacial score (nSPS) is 3.27. The van der Waals surface area contributed by atoms with Crippen LogP contribution in [0.2, 0.25) is 0 Å². The van der Waals surface area contributed by atoms with Crippen LogP contribution in [-0.4, -0.2) is 0 Å². The smallest absolute Gasteiger partial charge is 0 e. The summed E-state index contributed by atoms with van der Waals surface area (Å²) in [5.74, 6) is 0. The molecule has 0 aromatic rings. The van der Waals surface area contributed by atoms with Crippen LogP contribution in [0, 0.1) is 60.7 Å². The van der Waals surface area contributed by atoms with Gasteiger partial charge in [-0.15, -0.1) is 17.0 Å². The Labute approximate surface area is 114 Å². The first-order chi connectivity index (χ1) is 4.24. The van der Waals surface area contributed by atoms with Gasteiger partial charge in [0.2, 0.25) is 0 Å². The second kappa shape index (κ2) is 74.7. The van der Waals surface area contributed by atoms with Crippen molar-refractivity contribution in [2.45, 2.75) is 0 Å². The molecule has 0 aliphatic carbocycles. The Balaban J connectivity index is -0.0000000150. The van der Waals surface area contributed by atoms with Crippen molar-refractivity contribution in [2.24, 2.45) is 0 Å². The van der Waals surface area contributed by atoms with Gasteiger partial charge in [-0.25, -0.2) is 58.7 Å². The molecule has 0 nitrogen and oxygen atoms in total. The van der Waals surface area contributed by atoms with Crippen LogP contribution in [0.1, 0.15) is 0 Å². The molecule has 0 spiro atoms. The molecule has 0 N–H and O–H groups in total. The van der Waals surface area contributed by atoms with Gasteiger partial charge in [-0.05, 0) is 0 Å². The van der Waals surface area contributed by atoms with Crippen LogP contribution in [0.3, 0.4) is 0 Å². The van der Waals surface area contributed by atoms with E-state index in [0.717, 1.165) is 0 Å². The van der Waals surface area contributed by atoms with Crippen LogP contribution in [0.4, 0.5) is 0 Å². The predicted octanol–water partition coefficient (Wildman–Crippen LogP) is 3.60. The second-order valence-corrected chi connectivity index (χ2v) is 0.866. The Bertz CT molecular complexity index is 46.3. The average Bonchev–Trinajstić information content (AvgIpc) is 1.70. The Morgan fingerprint density at radius 1 is 0.727 bits per heavy atom. The Morgan fingerprint density at radius 3 is 0.727 bits per heavy atom. The fraction of sp³-hybridized carbons (Fsp3) is 0. The Morgan fingerprint density at radius 2 is 0.727 bits per heavy atom. The molecule has 0 saturated heterocycles. The molecule has 11 heavy (non-hydrogen) atoms. The Kier molecular flexibility index (Phi) is 203. The molecule has 0 amide bonds. The van der Waals surface area contributed by atoms with Gasteiger partial charge < -0.3 is 0 Å². The van der Waals surface area contributed by atoms with E-state index in [1.807, 2.05) is 0 Å².